The number of ketones is 1. The van der Waals surface area contributed by atoms with Crippen LogP contribution in [0.5, 0.6) is 5.75 Å². The molecule has 3 fully saturated rings. The number of ether oxygens (including phenoxy) is 1. The van der Waals surface area contributed by atoms with Crippen molar-refractivity contribution in [2.24, 2.45) is 5.41 Å². The molecule has 0 unspecified atom stereocenters. The minimum absolute atomic E-state index is 0.00946. The average molecular weight is 429 g/mol. The molecule has 7 nitrogen and oxygen atoms in total. The minimum atomic E-state index is -0.583. The highest BCUT2D eigenvalue weighted by Crippen LogP contribution is 2.69. The molecule has 0 radical (unpaired) electrons. The summed E-state index contributed by atoms with van der Waals surface area (Å²) in [5.41, 5.74) is 0.822. The van der Waals surface area contributed by atoms with Gasteiger partial charge in [-0.1, -0.05) is 11.6 Å². The summed E-state index contributed by atoms with van der Waals surface area (Å²) in [7, 11) is 0. The molecule has 0 aliphatic heterocycles. The van der Waals surface area contributed by atoms with Crippen molar-refractivity contribution in [2.45, 2.75) is 31.2 Å². The molecule has 2 aromatic heterocycles. The van der Waals surface area contributed by atoms with Crippen molar-refractivity contribution < 1.29 is 18.7 Å². The maximum atomic E-state index is 13.4. The fourth-order valence-corrected chi connectivity index (χ4v) is 4.88. The van der Waals surface area contributed by atoms with E-state index >= 15 is 0 Å². The summed E-state index contributed by atoms with van der Waals surface area (Å²) < 4.78 is 20.4. The first-order valence-electron chi connectivity index (χ1n) is 9.57. The van der Waals surface area contributed by atoms with Gasteiger partial charge in [0, 0.05) is 36.5 Å². The molecule has 3 aliphatic carbocycles. The second kappa shape index (κ2) is 6.77. The Labute approximate surface area is 176 Å². The first kappa shape index (κ1) is 19.0. The summed E-state index contributed by atoms with van der Waals surface area (Å²) in [5, 5.41) is 7.18. The Morgan fingerprint density at radius 3 is 2.83 bits per heavy atom. The van der Waals surface area contributed by atoms with E-state index in [-0.39, 0.29) is 40.0 Å². The summed E-state index contributed by atoms with van der Waals surface area (Å²) in [4.78, 5) is 29.1. The lowest BCUT2D eigenvalue weighted by atomic mass is 9.38. The van der Waals surface area contributed by atoms with Crippen LogP contribution in [0.25, 0.3) is 5.65 Å². The van der Waals surface area contributed by atoms with Gasteiger partial charge in [-0.15, -0.1) is 0 Å². The molecule has 2 bridgehead atoms. The van der Waals surface area contributed by atoms with Crippen molar-refractivity contribution in [3.63, 3.8) is 0 Å². The van der Waals surface area contributed by atoms with Gasteiger partial charge in [0.15, 0.2) is 11.4 Å². The number of hydrogen-bond donors (Lipinski definition) is 1. The van der Waals surface area contributed by atoms with Gasteiger partial charge in [-0.2, -0.15) is 5.10 Å². The van der Waals surface area contributed by atoms with Gasteiger partial charge in [-0.25, -0.2) is 13.9 Å². The second-order valence-corrected chi connectivity index (χ2v) is 8.73. The van der Waals surface area contributed by atoms with E-state index in [0.29, 0.717) is 17.6 Å². The van der Waals surface area contributed by atoms with Crippen LogP contribution in [0.15, 0.2) is 42.9 Å². The van der Waals surface area contributed by atoms with Crippen LogP contribution >= 0.6 is 11.6 Å². The predicted molar refractivity (Wildman–Crippen MR) is 106 cm³/mol. The van der Waals surface area contributed by atoms with Gasteiger partial charge in [0.2, 0.25) is 0 Å². The van der Waals surface area contributed by atoms with Crippen LogP contribution in [-0.4, -0.2) is 38.4 Å². The van der Waals surface area contributed by atoms with Crippen LogP contribution in [-0.2, 0) is 4.79 Å². The number of fused-ring (bicyclic) bond motifs is 1. The van der Waals surface area contributed by atoms with Crippen molar-refractivity contribution in [3.8, 4) is 5.75 Å². The molecule has 3 aliphatic rings. The van der Waals surface area contributed by atoms with Crippen LogP contribution in [0.2, 0.25) is 5.02 Å². The number of carbonyl (C=O) groups excluding carboxylic acids is 2. The van der Waals surface area contributed by atoms with Gasteiger partial charge >= 0.3 is 0 Å². The first-order chi connectivity index (χ1) is 14.4. The minimum Gasteiger partial charge on any atom is -0.486 e. The van der Waals surface area contributed by atoms with E-state index in [9.17, 15) is 14.0 Å². The highest BCUT2D eigenvalue weighted by Gasteiger charge is 2.68. The Morgan fingerprint density at radius 2 is 2.07 bits per heavy atom. The molecule has 3 saturated carbocycles. The number of rotatable bonds is 7. The number of aromatic nitrogens is 3. The summed E-state index contributed by atoms with van der Waals surface area (Å²) in [5.74, 6) is -0.541. The lowest BCUT2D eigenvalue weighted by Crippen LogP contribution is -2.75. The van der Waals surface area contributed by atoms with E-state index in [1.807, 2.05) is 0 Å². The molecule has 30 heavy (non-hydrogen) atoms. The number of amides is 1. The number of nitrogens with zero attached hydrogens (tertiary/aromatic N) is 3. The first-order valence-corrected chi connectivity index (χ1v) is 9.95. The van der Waals surface area contributed by atoms with Crippen LogP contribution in [0.3, 0.4) is 0 Å². The monoisotopic (exact) mass is 428 g/mol. The topological polar surface area (TPSA) is 85.6 Å². The number of carbonyl (C=O) groups is 2. The quantitative estimate of drug-likeness (QED) is 0.624. The van der Waals surface area contributed by atoms with E-state index in [0.717, 1.165) is 25.3 Å². The van der Waals surface area contributed by atoms with Crippen LogP contribution in [0.1, 0.15) is 36.0 Å². The maximum Gasteiger partial charge on any atom is 0.254 e. The Bertz CT molecular complexity index is 1160. The van der Waals surface area contributed by atoms with E-state index in [1.165, 1.54) is 18.3 Å². The number of halogens is 2. The Kier molecular flexibility index (Phi) is 4.28. The average Bonchev–Trinajstić information content (AvgIpc) is 3.14. The standard InChI is InChI=1S/C21H18ClFN4O3/c22-16-2-1-15(5-17(16)23)30-9-14(28)6-20-10-21(11-20,12-20)26-19(29)13-7-24-18-3-4-25-27(18)8-13/h1-5,7-8H,6,9-12H2,(H,26,29). The Balaban J connectivity index is 1.11. The molecule has 2 heterocycles. The number of nitrogens with one attached hydrogen (secondary N) is 1. The molecule has 0 saturated heterocycles. The van der Waals surface area contributed by atoms with Crippen LogP contribution < -0.4 is 10.1 Å². The van der Waals surface area contributed by atoms with Gasteiger partial charge < -0.3 is 10.1 Å². The number of benzene rings is 1. The molecule has 6 rings (SSSR count). The van der Waals surface area contributed by atoms with Crippen molar-refractivity contribution >= 4 is 28.9 Å². The highest BCUT2D eigenvalue weighted by molar-refractivity contribution is 6.30. The van der Waals surface area contributed by atoms with E-state index in [1.54, 1.807) is 23.0 Å². The molecular weight excluding hydrogens is 411 g/mol. The molecule has 1 aromatic carbocycles. The summed E-state index contributed by atoms with van der Waals surface area (Å²) >= 11 is 5.64. The van der Waals surface area contributed by atoms with Gasteiger partial charge in [-0.05, 0) is 36.8 Å². The van der Waals surface area contributed by atoms with Crippen LogP contribution in [0.4, 0.5) is 4.39 Å². The lowest BCUT2D eigenvalue weighted by Gasteiger charge is -2.70. The van der Waals surface area contributed by atoms with Crippen LogP contribution in [0, 0.1) is 11.2 Å². The van der Waals surface area contributed by atoms with Gasteiger partial charge in [-0.3, -0.25) is 9.59 Å². The van der Waals surface area contributed by atoms with E-state index in [4.69, 9.17) is 16.3 Å². The van der Waals surface area contributed by atoms with E-state index < -0.39 is 5.82 Å². The number of hydrogen-bond acceptors (Lipinski definition) is 5. The molecule has 9 heteroatoms. The summed E-state index contributed by atoms with van der Waals surface area (Å²) in [6, 6.07) is 5.84. The van der Waals surface area contributed by atoms with Gasteiger partial charge in [0.05, 0.1) is 16.8 Å². The summed E-state index contributed by atoms with van der Waals surface area (Å²) in [6.45, 7) is -0.113. The summed E-state index contributed by atoms with van der Waals surface area (Å²) in [6.07, 6.45) is 7.51. The van der Waals surface area contributed by atoms with Crippen molar-refractivity contribution in [2.75, 3.05) is 6.61 Å². The molecule has 154 valence electrons. The SMILES string of the molecule is O=C(COc1ccc(Cl)c(F)c1)CC12CC(NC(=O)c3cnc4ccnn4c3)(C1)C2. The highest BCUT2D eigenvalue weighted by atomic mass is 35.5. The smallest absolute Gasteiger partial charge is 0.254 e. The molecule has 0 atom stereocenters. The third-order valence-electron chi connectivity index (χ3n) is 5.89. The molecular formula is C21H18ClFN4O3. The molecule has 1 amide bonds. The van der Waals surface area contributed by atoms with Crippen molar-refractivity contribution in [1.82, 2.24) is 19.9 Å². The predicted octanol–water partition coefficient (Wildman–Crippen LogP) is 3.21. The molecule has 1 N–H and O–H groups in total. The Morgan fingerprint density at radius 1 is 1.27 bits per heavy atom. The van der Waals surface area contributed by atoms with E-state index in [2.05, 4.69) is 15.4 Å². The van der Waals surface area contributed by atoms with Crippen molar-refractivity contribution in [1.29, 1.82) is 0 Å². The largest absolute Gasteiger partial charge is 0.486 e. The third-order valence-corrected chi connectivity index (χ3v) is 6.20. The van der Waals surface area contributed by atoms with Crippen molar-refractivity contribution in [3.05, 3.63) is 59.3 Å². The fraction of sp³-hybridized carbons (Fsp3) is 0.333. The molecule has 0 spiro atoms. The zero-order valence-corrected chi connectivity index (χ0v) is 16.7. The zero-order valence-electron chi connectivity index (χ0n) is 15.9. The lowest BCUT2D eigenvalue weighted by molar-refractivity contribution is -0.162. The zero-order chi connectivity index (χ0) is 20.9. The normalized spacial score (nSPS) is 24.1. The Hall–Kier alpha value is -3.00. The van der Waals surface area contributed by atoms with Gasteiger partial charge in [0.1, 0.15) is 18.2 Å². The third kappa shape index (κ3) is 3.31. The molecule has 3 aromatic rings. The number of Topliss-reactive ketones (excluding diaryl/α,β-unsaturated/α-hetero) is 1. The maximum absolute atomic E-state index is 13.4. The van der Waals surface area contributed by atoms with Gasteiger partial charge in [0.25, 0.3) is 5.91 Å². The fourth-order valence-electron chi connectivity index (χ4n) is 4.76. The second-order valence-electron chi connectivity index (χ2n) is 8.32.